The van der Waals surface area contributed by atoms with Gasteiger partial charge in [0.05, 0.1) is 11.1 Å². The molecule has 0 amide bonds. The van der Waals surface area contributed by atoms with E-state index in [2.05, 4.69) is 9.80 Å². The molecule has 3 aromatic rings. The molecular weight excluding hydrogens is 419 g/mol. The third-order valence-electron chi connectivity index (χ3n) is 6.26. The van der Waals surface area contributed by atoms with Gasteiger partial charge in [0, 0.05) is 38.4 Å². The summed E-state index contributed by atoms with van der Waals surface area (Å²) in [6.07, 6.45) is 1.74. The zero-order valence-electron chi connectivity index (χ0n) is 18.4. The van der Waals surface area contributed by atoms with Crippen LogP contribution in [-0.2, 0) is 6.54 Å². The molecule has 0 radical (unpaired) electrons. The van der Waals surface area contributed by atoms with Crippen LogP contribution in [0.3, 0.4) is 0 Å². The molecule has 1 saturated heterocycles. The maximum absolute atomic E-state index is 13.2. The molecular formula is C27H25FN2O3. The number of halogens is 1. The Morgan fingerprint density at radius 2 is 1.73 bits per heavy atom. The molecule has 0 unspecified atom stereocenters. The van der Waals surface area contributed by atoms with Gasteiger partial charge in [0.15, 0.2) is 5.76 Å². The molecule has 0 spiro atoms. The van der Waals surface area contributed by atoms with Gasteiger partial charge in [-0.3, -0.25) is 9.69 Å². The van der Waals surface area contributed by atoms with Crippen LogP contribution in [0.2, 0.25) is 0 Å². The number of carbonyl (C=O) groups is 1. The van der Waals surface area contributed by atoms with E-state index in [0.717, 1.165) is 37.4 Å². The van der Waals surface area contributed by atoms with Crippen LogP contribution in [0.1, 0.15) is 27.0 Å². The fourth-order valence-electron chi connectivity index (χ4n) is 4.47. The smallest absolute Gasteiger partial charge is 0.232 e. The van der Waals surface area contributed by atoms with Crippen LogP contribution in [0, 0.1) is 12.7 Å². The van der Waals surface area contributed by atoms with Crippen molar-refractivity contribution in [2.45, 2.75) is 13.5 Å². The first-order valence-electron chi connectivity index (χ1n) is 11.1. The maximum atomic E-state index is 13.2. The van der Waals surface area contributed by atoms with Gasteiger partial charge in [-0.2, -0.15) is 0 Å². The van der Waals surface area contributed by atoms with Gasteiger partial charge in [-0.25, -0.2) is 4.39 Å². The van der Waals surface area contributed by atoms with Crippen molar-refractivity contribution < 1.29 is 19.0 Å². The normalized spacial score (nSPS) is 17.3. The summed E-state index contributed by atoms with van der Waals surface area (Å²) in [4.78, 5) is 17.5. The fourth-order valence-corrected chi connectivity index (χ4v) is 4.47. The molecule has 168 valence electrons. The number of piperazine rings is 1. The lowest BCUT2D eigenvalue weighted by Gasteiger charge is -2.36. The monoisotopic (exact) mass is 444 g/mol. The molecule has 0 aliphatic carbocycles. The van der Waals surface area contributed by atoms with Crippen LogP contribution >= 0.6 is 0 Å². The number of hydrogen-bond donors (Lipinski definition) is 1. The molecule has 3 aromatic carbocycles. The number of allylic oxidation sites excluding steroid dienone is 1. The molecule has 33 heavy (non-hydrogen) atoms. The number of phenols is 1. The Morgan fingerprint density at radius 1 is 1.03 bits per heavy atom. The van der Waals surface area contributed by atoms with E-state index in [9.17, 15) is 14.3 Å². The van der Waals surface area contributed by atoms with Crippen LogP contribution in [0.5, 0.6) is 11.5 Å². The number of Topliss-reactive ketones (excluding diaryl/α,β-unsaturated/α-hetero) is 1. The first-order chi connectivity index (χ1) is 16.0. The average molecular weight is 445 g/mol. The highest BCUT2D eigenvalue weighted by atomic mass is 19.1. The molecule has 0 atom stereocenters. The largest absolute Gasteiger partial charge is 0.507 e. The van der Waals surface area contributed by atoms with E-state index in [4.69, 9.17) is 4.74 Å². The summed E-state index contributed by atoms with van der Waals surface area (Å²) in [5, 5.41) is 10.7. The lowest BCUT2D eigenvalue weighted by molar-refractivity contribution is 0.101. The summed E-state index contributed by atoms with van der Waals surface area (Å²) in [7, 11) is 0. The van der Waals surface area contributed by atoms with Gasteiger partial charge in [0.1, 0.15) is 17.3 Å². The summed E-state index contributed by atoms with van der Waals surface area (Å²) >= 11 is 0. The SMILES string of the molecule is Cc1cc(O)c(CN2CCN(c3ccc(F)cc3)CC2)c2c1C(=O)/C(=C/c1ccccc1)O2. The number of ketones is 1. The first-order valence-corrected chi connectivity index (χ1v) is 11.1. The number of phenolic OH excluding ortho intramolecular Hbond substituents is 1. The van der Waals surface area contributed by atoms with Crippen molar-refractivity contribution in [2.75, 3.05) is 31.1 Å². The standard InChI is InChI=1S/C27H25FN2O3/c1-18-15-23(31)22(17-29-11-13-30(14-12-29)21-9-7-20(28)8-10-21)27-25(18)26(32)24(33-27)16-19-5-3-2-4-6-19/h2-10,15-16,31H,11-14,17H2,1H3/b24-16-. The molecule has 5 nitrogen and oxygen atoms in total. The number of rotatable bonds is 4. The fraction of sp³-hybridized carbons (Fsp3) is 0.222. The molecule has 2 aliphatic heterocycles. The number of ether oxygens (including phenoxy) is 1. The highest BCUT2D eigenvalue weighted by Crippen LogP contribution is 2.42. The van der Waals surface area contributed by atoms with Gasteiger partial charge in [-0.1, -0.05) is 30.3 Å². The number of nitrogens with zero attached hydrogens (tertiary/aromatic N) is 2. The second kappa shape index (κ2) is 8.71. The van der Waals surface area contributed by atoms with E-state index >= 15 is 0 Å². The average Bonchev–Trinajstić information content (AvgIpc) is 3.14. The van der Waals surface area contributed by atoms with Crippen LogP contribution in [0.15, 0.2) is 66.4 Å². The van der Waals surface area contributed by atoms with Crippen molar-refractivity contribution >= 4 is 17.5 Å². The molecule has 0 bridgehead atoms. The van der Waals surface area contributed by atoms with Gasteiger partial charge in [-0.15, -0.1) is 0 Å². The number of hydrogen-bond acceptors (Lipinski definition) is 5. The quantitative estimate of drug-likeness (QED) is 0.587. The predicted molar refractivity (Wildman–Crippen MR) is 126 cm³/mol. The van der Waals surface area contributed by atoms with Crippen LogP contribution < -0.4 is 9.64 Å². The van der Waals surface area contributed by atoms with Crippen molar-refractivity contribution in [1.82, 2.24) is 4.90 Å². The Hall–Kier alpha value is -3.64. The van der Waals surface area contributed by atoms with Crippen molar-refractivity contribution in [2.24, 2.45) is 0 Å². The van der Waals surface area contributed by atoms with Gasteiger partial charge < -0.3 is 14.7 Å². The summed E-state index contributed by atoms with van der Waals surface area (Å²) in [6, 6.07) is 17.8. The first kappa shape index (κ1) is 21.2. The van der Waals surface area contributed by atoms with Crippen LogP contribution in [0.25, 0.3) is 6.08 Å². The summed E-state index contributed by atoms with van der Waals surface area (Å²) in [5.74, 6) is 0.471. The highest BCUT2D eigenvalue weighted by molar-refractivity contribution is 6.15. The van der Waals surface area contributed by atoms with Crippen LogP contribution in [0.4, 0.5) is 10.1 Å². The Balaban J connectivity index is 1.35. The lowest BCUT2D eigenvalue weighted by atomic mass is 9.99. The zero-order chi connectivity index (χ0) is 22.9. The van der Waals surface area contributed by atoms with Crippen molar-refractivity contribution in [1.29, 1.82) is 0 Å². The number of benzene rings is 3. The van der Waals surface area contributed by atoms with Gasteiger partial charge in [0.25, 0.3) is 0 Å². The topological polar surface area (TPSA) is 53.0 Å². The number of aryl methyl sites for hydroxylation is 1. The maximum Gasteiger partial charge on any atom is 0.232 e. The molecule has 1 fully saturated rings. The Bertz CT molecular complexity index is 1210. The molecule has 6 heteroatoms. The number of anilines is 1. The van der Waals surface area contributed by atoms with E-state index in [1.807, 2.05) is 37.3 Å². The minimum absolute atomic E-state index is 0.140. The summed E-state index contributed by atoms with van der Waals surface area (Å²) < 4.78 is 19.3. The molecule has 2 aliphatic rings. The van der Waals surface area contributed by atoms with E-state index in [0.29, 0.717) is 29.0 Å². The van der Waals surface area contributed by atoms with E-state index in [1.54, 1.807) is 24.3 Å². The summed E-state index contributed by atoms with van der Waals surface area (Å²) in [6.45, 7) is 5.44. The van der Waals surface area contributed by atoms with Gasteiger partial charge in [-0.05, 0) is 54.5 Å². The minimum Gasteiger partial charge on any atom is -0.507 e. The number of fused-ring (bicyclic) bond motifs is 1. The van der Waals surface area contributed by atoms with Gasteiger partial charge >= 0.3 is 0 Å². The second-order valence-corrected chi connectivity index (χ2v) is 8.49. The second-order valence-electron chi connectivity index (χ2n) is 8.49. The highest BCUT2D eigenvalue weighted by Gasteiger charge is 2.34. The number of carbonyl (C=O) groups excluding carboxylic acids is 1. The van der Waals surface area contributed by atoms with Gasteiger partial charge in [0.2, 0.25) is 5.78 Å². The number of aromatic hydroxyl groups is 1. The van der Waals surface area contributed by atoms with Crippen molar-refractivity contribution in [3.8, 4) is 11.5 Å². The summed E-state index contributed by atoms with van der Waals surface area (Å²) in [5.41, 5.74) is 3.74. The Kier molecular flexibility index (Phi) is 5.60. The molecule has 0 saturated carbocycles. The van der Waals surface area contributed by atoms with Crippen LogP contribution in [-0.4, -0.2) is 42.0 Å². The third kappa shape index (κ3) is 4.22. The Morgan fingerprint density at radius 3 is 2.42 bits per heavy atom. The zero-order valence-corrected chi connectivity index (χ0v) is 18.4. The molecule has 2 heterocycles. The minimum atomic E-state index is -0.240. The van der Waals surface area contributed by atoms with Crippen molar-refractivity contribution in [3.05, 3.63) is 94.5 Å². The van der Waals surface area contributed by atoms with E-state index in [-0.39, 0.29) is 23.1 Å². The molecule has 5 rings (SSSR count). The van der Waals surface area contributed by atoms with E-state index in [1.165, 1.54) is 12.1 Å². The lowest BCUT2D eigenvalue weighted by Crippen LogP contribution is -2.46. The Labute approximate surface area is 192 Å². The molecule has 0 aromatic heterocycles. The molecule has 1 N–H and O–H groups in total. The third-order valence-corrected chi connectivity index (χ3v) is 6.26. The predicted octanol–water partition coefficient (Wildman–Crippen LogP) is 4.78. The van der Waals surface area contributed by atoms with Crippen molar-refractivity contribution in [3.63, 3.8) is 0 Å². The van der Waals surface area contributed by atoms with E-state index < -0.39 is 0 Å².